The van der Waals surface area contributed by atoms with E-state index in [2.05, 4.69) is 4.72 Å². The largest absolute Gasteiger partial charge is 0.478 e. The molecule has 0 bridgehead atoms. The first-order chi connectivity index (χ1) is 9.24. The second kappa shape index (κ2) is 6.64. The molecule has 0 aliphatic heterocycles. The highest BCUT2D eigenvalue weighted by molar-refractivity contribution is 7.98. The van der Waals surface area contributed by atoms with Crippen LogP contribution in [-0.4, -0.2) is 37.5 Å². The molecule has 0 saturated heterocycles. The average molecular weight is 321 g/mol. The van der Waals surface area contributed by atoms with E-state index in [0.717, 1.165) is 0 Å². The molecule has 0 aliphatic carbocycles. The molecular weight excluding hydrogens is 302 g/mol. The predicted molar refractivity (Wildman–Crippen MR) is 77.9 cm³/mol. The van der Waals surface area contributed by atoms with E-state index in [1.807, 2.05) is 13.2 Å². The van der Waals surface area contributed by atoms with Gasteiger partial charge in [-0.15, -0.1) is 0 Å². The number of furan rings is 1. The lowest BCUT2D eigenvalue weighted by atomic mass is 10.2. The number of hydrogen-bond acceptors (Lipinski definition) is 5. The fraction of sp³-hybridized carbons (Fsp3) is 0.583. The van der Waals surface area contributed by atoms with Crippen LogP contribution in [0.15, 0.2) is 9.31 Å². The quantitative estimate of drug-likeness (QED) is 0.797. The van der Waals surface area contributed by atoms with Gasteiger partial charge in [-0.2, -0.15) is 11.8 Å². The number of carbonyl (C=O) groups is 1. The van der Waals surface area contributed by atoms with Gasteiger partial charge >= 0.3 is 5.97 Å². The predicted octanol–water partition coefficient (Wildman–Crippen LogP) is 2.01. The first kappa shape index (κ1) is 17.1. The minimum absolute atomic E-state index is 0.0893. The Morgan fingerprint density at radius 1 is 1.40 bits per heavy atom. The number of rotatable bonds is 7. The molecule has 1 unspecified atom stereocenters. The molecule has 1 atom stereocenters. The third-order valence-electron chi connectivity index (χ3n) is 2.87. The van der Waals surface area contributed by atoms with Crippen molar-refractivity contribution in [3.05, 3.63) is 17.1 Å². The Hall–Kier alpha value is -0.990. The van der Waals surface area contributed by atoms with Gasteiger partial charge in [0.25, 0.3) is 0 Å². The van der Waals surface area contributed by atoms with E-state index in [9.17, 15) is 13.2 Å². The SMILES string of the molecule is CCC(CSC)NS(=O)(=O)c1c(C)oc(C)c1C(=O)O. The summed E-state index contributed by atoms with van der Waals surface area (Å²) in [5, 5.41) is 9.16. The number of thioether (sulfide) groups is 1. The van der Waals surface area contributed by atoms with Crippen molar-refractivity contribution in [1.29, 1.82) is 0 Å². The summed E-state index contributed by atoms with van der Waals surface area (Å²) >= 11 is 1.52. The maximum atomic E-state index is 12.4. The first-order valence-electron chi connectivity index (χ1n) is 6.09. The maximum absolute atomic E-state index is 12.4. The van der Waals surface area contributed by atoms with E-state index < -0.39 is 16.0 Å². The van der Waals surface area contributed by atoms with Gasteiger partial charge in [-0.05, 0) is 26.5 Å². The van der Waals surface area contributed by atoms with E-state index >= 15 is 0 Å². The number of carboxylic acids is 1. The zero-order valence-corrected chi connectivity index (χ0v) is 13.5. The minimum atomic E-state index is -3.92. The Bertz CT molecular complexity index is 591. The zero-order chi connectivity index (χ0) is 15.5. The van der Waals surface area contributed by atoms with Gasteiger partial charge in [-0.1, -0.05) is 6.92 Å². The number of nitrogens with one attached hydrogen (secondary N) is 1. The fourth-order valence-electron chi connectivity index (χ4n) is 1.95. The standard InChI is InChI=1S/C12H19NO5S2/c1-5-9(6-19-4)13-20(16,17)11-8(3)18-7(2)10(11)12(14)15/h9,13H,5-6H2,1-4H3,(H,14,15). The Morgan fingerprint density at radius 3 is 2.45 bits per heavy atom. The van der Waals surface area contributed by atoms with E-state index in [0.29, 0.717) is 12.2 Å². The van der Waals surface area contributed by atoms with Crippen molar-refractivity contribution >= 4 is 27.8 Å². The van der Waals surface area contributed by atoms with Crippen molar-refractivity contribution in [3.63, 3.8) is 0 Å². The van der Waals surface area contributed by atoms with Crippen LogP contribution in [0.1, 0.15) is 35.2 Å². The fourth-order valence-corrected chi connectivity index (χ4v) is 4.50. The lowest BCUT2D eigenvalue weighted by molar-refractivity contribution is 0.0691. The van der Waals surface area contributed by atoms with Gasteiger partial charge < -0.3 is 9.52 Å². The number of hydrogen-bond donors (Lipinski definition) is 2. The van der Waals surface area contributed by atoms with Gasteiger partial charge in [-0.25, -0.2) is 17.9 Å². The van der Waals surface area contributed by atoms with Crippen LogP contribution in [0, 0.1) is 13.8 Å². The third kappa shape index (κ3) is 3.56. The van der Waals surface area contributed by atoms with Gasteiger partial charge in [0.15, 0.2) is 0 Å². The molecule has 1 aromatic rings. The van der Waals surface area contributed by atoms with Crippen molar-refractivity contribution in [3.8, 4) is 0 Å². The number of sulfonamides is 1. The van der Waals surface area contributed by atoms with Crippen molar-refractivity contribution < 1.29 is 22.7 Å². The molecule has 0 saturated carbocycles. The van der Waals surface area contributed by atoms with Crippen LogP contribution in [-0.2, 0) is 10.0 Å². The highest BCUT2D eigenvalue weighted by Gasteiger charge is 2.31. The van der Waals surface area contributed by atoms with Crippen LogP contribution in [0.2, 0.25) is 0 Å². The van der Waals surface area contributed by atoms with Crippen LogP contribution in [0.4, 0.5) is 0 Å². The van der Waals surface area contributed by atoms with Gasteiger partial charge in [0, 0.05) is 11.8 Å². The molecule has 114 valence electrons. The summed E-state index contributed by atoms with van der Waals surface area (Å²) in [6, 6.07) is -0.244. The van der Waals surface area contributed by atoms with Crippen LogP contribution in [0.3, 0.4) is 0 Å². The lowest BCUT2D eigenvalue weighted by Gasteiger charge is -2.15. The zero-order valence-electron chi connectivity index (χ0n) is 11.9. The molecule has 0 radical (unpaired) electrons. The smallest absolute Gasteiger partial charge is 0.340 e. The molecule has 6 nitrogen and oxygen atoms in total. The molecule has 0 amide bonds. The van der Waals surface area contributed by atoms with Crippen molar-refractivity contribution in [2.24, 2.45) is 0 Å². The number of aromatic carboxylic acids is 1. The Balaban J connectivity index is 3.25. The molecule has 0 fully saturated rings. The maximum Gasteiger partial charge on any atom is 0.340 e. The van der Waals surface area contributed by atoms with E-state index in [4.69, 9.17) is 9.52 Å². The number of aryl methyl sites for hydroxylation is 2. The van der Waals surface area contributed by atoms with Gasteiger partial charge in [0.05, 0.1) is 0 Å². The second-order valence-electron chi connectivity index (χ2n) is 4.41. The van der Waals surface area contributed by atoms with Crippen molar-refractivity contribution in [2.45, 2.75) is 38.1 Å². The average Bonchev–Trinajstić information content (AvgIpc) is 2.64. The molecular formula is C12H19NO5S2. The van der Waals surface area contributed by atoms with Crippen LogP contribution < -0.4 is 4.72 Å². The molecule has 1 aromatic heterocycles. The molecule has 1 heterocycles. The van der Waals surface area contributed by atoms with Crippen LogP contribution in [0.5, 0.6) is 0 Å². The van der Waals surface area contributed by atoms with Gasteiger partial charge in [-0.3, -0.25) is 0 Å². The molecule has 20 heavy (non-hydrogen) atoms. The summed E-state index contributed by atoms with van der Waals surface area (Å²) in [5.74, 6) is -0.508. The third-order valence-corrected chi connectivity index (χ3v) is 5.28. The highest BCUT2D eigenvalue weighted by atomic mass is 32.2. The minimum Gasteiger partial charge on any atom is -0.478 e. The van der Waals surface area contributed by atoms with Crippen LogP contribution in [0.25, 0.3) is 0 Å². The van der Waals surface area contributed by atoms with Crippen LogP contribution >= 0.6 is 11.8 Å². The summed E-state index contributed by atoms with van der Waals surface area (Å²) < 4.78 is 32.5. The molecule has 0 aromatic carbocycles. The molecule has 1 rings (SSSR count). The first-order valence-corrected chi connectivity index (χ1v) is 8.96. The van der Waals surface area contributed by atoms with Crippen molar-refractivity contribution in [1.82, 2.24) is 4.72 Å². The van der Waals surface area contributed by atoms with E-state index in [1.54, 1.807) is 0 Å². The van der Waals surface area contributed by atoms with E-state index in [1.165, 1.54) is 25.6 Å². The Kier molecular flexibility index (Phi) is 5.67. The molecule has 2 N–H and O–H groups in total. The summed E-state index contributed by atoms with van der Waals surface area (Å²) in [7, 11) is -3.92. The molecule has 0 spiro atoms. The van der Waals surface area contributed by atoms with E-state index in [-0.39, 0.29) is 28.0 Å². The highest BCUT2D eigenvalue weighted by Crippen LogP contribution is 2.27. The normalized spacial score (nSPS) is 13.4. The van der Waals surface area contributed by atoms with Gasteiger partial charge in [0.1, 0.15) is 22.0 Å². The topological polar surface area (TPSA) is 96.6 Å². The summed E-state index contributed by atoms with van der Waals surface area (Å²) in [4.78, 5) is 11.0. The monoisotopic (exact) mass is 321 g/mol. The summed E-state index contributed by atoms with van der Waals surface area (Å²) in [6.07, 6.45) is 2.51. The summed E-state index contributed by atoms with van der Waals surface area (Å²) in [6.45, 7) is 4.76. The lowest BCUT2D eigenvalue weighted by Crippen LogP contribution is -2.36. The Morgan fingerprint density at radius 2 is 2.00 bits per heavy atom. The number of carboxylic acid groups (broad SMARTS) is 1. The van der Waals surface area contributed by atoms with Gasteiger partial charge in [0.2, 0.25) is 10.0 Å². The Labute approximate surface area is 123 Å². The molecule has 8 heteroatoms. The second-order valence-corrected chi connectivity index (χ2v) is 6.97. The molecule has 0 aliphatic rings. The van der Waals surface area contributed by atoms with Crippen molar-refractivity contribution in [2.75, 3.05) is 12.0 Å². The summed E-state index contributed by atoms with van der Waals surface area (Å²) in [5.41, 5.74) is -0.297.